The first-order valence-corrected chi connectivity index (χ1v) is 8.92. The summed E-state index contributed by atoms with van der Waals surface area (Å²) in [6.45, 7) is 8.26. The van der Waals surface area contributed by atoms with Crippen molar-refractivity contribution in [1.82, 2.24) is 19.8 Å². The fourth-order valence-corrected chi connectivity index (χ4v) is 3.08. The first kappa shape index (κ1) is 18.0. The molecule has 6 heteroatoms. The van der Waals surface area contributed by atoms with Gasteiger partial charge in [-0.15, -0.1) is 0 Å². The molecule has 2 heterocycles. The second-order valence-corrected chi connectivity index (χ2v) is 6.90. The topological polar surface area (TPSA) is 66.4 Å². The van der Waals surface area contributed by atoms with Gasteiger partial charge in [0.05, 0.1) is 6.20 Å². The zero-order valence-electron chi connectivity index (χ0n) is 15.5. The molecule has 0 N–H and O–H groups in total. The minimum absolute atomic E-state index is 0.0385. The molecule has 1 saturated heterocycles. The summed E-state index contributed by atoms with van der Waals surface area (Å²) in [5, 5.41) is 0. The van der Waals surface area contributed by atoms with E-state index in [1.54, 1.807) is 11.1 Å². The molecule has 0 radical (unpaired) electrons. The number of benzene rings is 1. The molecule has 2 amide bonds. The molecule has 6 nitrogen and oxygen atoms in total. The SMILES string of the molecule is Cc1ccc(C(C)C)cc1C(=O)N1CCN(C(=O)c2cnccn2)CC1. The van der Waals surface area contributed by atoms with Crippen LogP contribution in [0.2, 0.25) is 0 Å². The van der Waals surface area contributed by atoms with E-state index in [9.17, 15) is 9.59 Å². The Bertz CT molecular complexity index is 797. The van der Waals surface area contributed by atoms with Crippen LogP contribution in [0.5, 0.6) is 0 Å². The lowest BCUT2D eigenvalue weighted by atomic mass is 9.97. The van der Waals surface area contributed by atoms with E-state index >= 15 is 0 Å². The van der Waals surface area contributed by atoms with Gasteiger partial charge < -0.3 is 9.80 Å². The molecule has 136 valence electrons. The van der Waals surface area contributed by atoms with Crippen molar-refractivity contribution in [3.8, 4) is 0 Å². The molecule has 2 aromatic rings. The lowest BCUT2D eigenvalue weighted by Crippen LogP contribution is -2.50. The van der Waals surface area contributed by atoms with Crippen LogP contribution in [-0.2, 0) is 0 Å². The van der Waals surface area contributed by atoms with Crippen molar-refractivity contribution in [1.29, 1.82) is 0 Å². The van der Waals surface area contributed by atoms with E-state index in [1.165, 1.54) is 12.4 Å². The highest BCUT2D eigenvalue weighted by atomic mass is 16.2. The Morgan fingerprint density at radius 3 is 2.23 bits per heavy atom. The monoisotopic (exact) mass is 352 g/mol. The van der Waals surface area contributed by atoms with E-state index in [4.69, 9.17) is 0 Å². The van der Waals surface area contributed by atoms with Crippen LogP contribution in [0.3, 0.4) is 0 Å². The number of piperazine rings is 1. The largest absolute Gasteiger partial charge is 0.335 e. The molecule has 1 aromatic heterocycles. The van der Waals surface area contributed by atoms with Gasteiger partial charge in [-0.2, -0.15) is 0 Å². The molecule has 1 fully saturated rings. The van der Waals surface area contributed by atoms with Gasteiger partial charge in [0.1, 0.15) is 5.69 Å². The van der Waals surface area contributed by atoms with E-state index < -0.39 is 0 Å². The molecular weight excluding hydrogens is 328 g/mol. The van der Waals surface area contributed by atoms with Crippen molar-refractivity contribution in [2.45, 2.75) is 26.7 Å². The van der Waals surface area contributed by atoms with Crippen LogP contribution in [0.1, 0.15) is 51.7 Å². The number of carbonyl (C=O) groups excluding carboxylic acids is 2. The summed E-state index contributed by atoms with van der Waals surface area (Å²) in [5.41, 5.74) is 3.24. The van der Waals surface area contributed by atoms with E-state index in [-0.39, 0.29) is 11.8 Å². The molecule has 0 atom stereocenters. The van der Waals surface area contributed by atoms with Crippen molar-refractivity contribution in [2.75, 3.05) is 26.2 Å². The highest BCUT2D eigenvalue weighted by molar-refractivity contribution is 5.96. The molecule has 0 aliphatic carbocycles. The summed E-state index contributed by atoms with van der Waals surface area (Å²) < 4.78 is 0. The van der Waals surface area contributed by atoms with E-state index in [0.29, 0.717) is 37.8 Å². The summed E-state index contributed by atoms with van der Waals surface area (Å²) in [6.07, 6.45) is 4.53. The van der Waals surface area contributed by atoms with E-state index in [2.05, 4.69) is 29.9 Å². The zero-order chi connectivity index (χ0) is 18.7. The maximum Gasteiger partial charge on any atom is 0.274 e. The summed E-state index contributed by atoms with van der Waals surface area (Å²) in [4.78, 5) is 36.9. The van der Waals surface area contributed by atoms with Crippen LogP contribution < -0.4 is 0 Å². The highest BCUT2D eigenvalue weighted by Gasteiger charge is 2.27. The minimum Gasteiger partial charge on any atom is -0.335 e. The maximum absolute atomic E-state index is 12.9. The first-order valence-electron chi connectivity index (χ1n) is 8.92. The number of aryl methyl sites for hydroxylation is 1. The summed E-state index contributed by atoms with van der Waals surface area (Å²) >= 11 is 0. The number of hydrogen-bond donors (Lipinski definition) is 0. The Hall–Kier alpha value is -2.76. The van der Waals surface area contributed by atoms with Crippen molar-refractivity contribution in [3.05, 3.63) is 59.2 Å². The fourth-order valence-electron chi connectivity index (χ4n) is 3.08. The Labute approximate surface area is 153 Å². The Balaban J connectivity index is 1.67. The van der Waals surface area contributed by atoms with Gasteiger partial charge in [-0.3, -0.25) is 14.6 Å². The molecule has 26 heavy (non-hydrogen) atoms. The number of rotatable bonds is 3. The lowest BCUT2D eigenvalue weighted by molar-refractivity contribution is 0.0531. The molecule has 0 saturated carbocycles. The predicted molar refractivity (Wildman–Crippen MR) is 99.1 cm³/mol. The minimum atomic E-state index is -0.136. The van der Waals surface area contributed by atoms with Crippen molar-refractivity contribution >= 4 is 11.8 Å². The summed E-state index contributed by atoms with van der Waals surface area (Å²) in [7, 11) is 0. The Morgan fingerprint density at radius 2 is 1.65 bits per heavy atom. The Morgan fingerprint density at radius 1 is 1.00 bits per heavy atom. The number of amides is 2. The van der Waals surface area contributed by atoms with Gasteiger partial charge in [-0.05, 0) is 30.0 Å². The smallest absolute Gasteiger partial charge is 0.274 e. The van der Waals surface area contributed by atoms with E-state index in [1.807, 2.05) is 24.0 Å². The molecule has 0 unspecified atom stereocenters. The average molecular weight is 352 g/mol. The van der Waals surface area contributed by atoms with Crippen LogP contribution in [0.25, 0.3) is 0 Å². The first-order chi connectivity index (χ1) is 12.5. The zero-order valence-corrected chi connectivity index (χ0v) is 15.5. The molecule has 0 bridgehead atoms. The van der Waals surface area contributed by atoms with Gasteiger partial charge in [0.15, 0.2) is 0 Å². The van der Waals surface area contributed by atoms with Crippen LogP contribution in [-0.4, -0.2) is 57.8 Å². The van der Waals surface area contributed by atoms with Gasteiger partial charge in [-0.25, -0.2) is 4.98 Å². The Kier molecular flexibility index (Phi) is 5.30. The number of hydrogen-bond acceptors (Lipinski definition) is 4. The van der Waals surface area contributed by atoms with Gasteiger partial charge >= 0.3 is 0 Å². The molecule has 1 aliphatic heterocycles. The molecule has 0 spiro atoms. The average Bonchev–Trinajstić information content (AvgIpc) is 2.68. The molecular formula is C20H24N4O2. The van der Waals surface area contributed by atoms with Crippen LogP contribution in [0, 0.1) is 6.92 Å². The van der Waals surface area contributed by atoms with Crippen LogP contribution in [0.4, 0.5) is 0 Å². The van der Waals surface area contributed by atoms with Crippen LogP contribution >= 0.6 is 0 Å². The summed E-state index contributed by atoms with van der Waals surface area (Å²) in [5.74, 6) is 0.281. The quantitative estimate of drug-likeness (QED) is 0.851. The third-order valence-corrected chi connectivity index (χ3v) is 4.80. The van der Waals surface area contributed by atoms with Gasteiger partial charge in [0.25, 0.3) is 11.8 Å². The maximum atomic E-state index is 12.9. The normalized spacial score (nSPS) is 14.6. The van der Waals surface area contributed by atoms with E-state index in [0.717, 1.165) is 16.7 Å². The molecule has 1 aliphatic rings. The van der Waals surface area contributed by atoms with Crippen LogP contribution in [0.15, 0.2) is 36.8 Å². The number of aromatic nitrogens is 2. The van der Waals surface area contributed by atoms with Crippen molar-refractivity contribution in [3.63, 3.8) is 0 Å². The second kappa shape index (κ2) is 7.64. The van der Waals surface area contributed by atoms with Gasteiger partial charge in [0, 0.05) is 44.1 Å². The molecule has 3 rings (SSSR count). The summed E-state index contributed by atoms with van der Waals surface area (Å²) in [6, 6.07) is 6.09. The predicted octanol–water partition coefficient (Wildman–Crippen LogP) is 2.51. The second-order valence-electron chi connectivity index (χ2n) is 6.90. The number of nitrogens with zero attached hydrogens (tertiary/aromatic N) is 4. The fraction of sp³-hybridized carbons (Fsp3) is 0.400. The third kappa shape index (κ3) is 3.74. The molecule has 1 aromatic carbocycles. The number of carbonyl (C=O) groups is 2. The van der Waals surface area contributed by atoms with Gasteiger partial charge in [0.2, 0.25) is 0 Å². The van der Waals surface area contributed by atoms with Crippen molar-refractivity contribution < 1.29 is 9.59 Å². The lowest BCUT2D eigenvalue weighted by Gasteiger charge is -2.35. The van der Waals surface area contributed by atoms with Crippen molar-refractivity contribution in [2.24, 2.45) is 0 Å². The highest BCUT2D eigenvalue weighted by Crippen LogP contribution is 2.20. The standard InChI is InChI=1S/C20H24N4O2/c1-14(2)16-5-4-15(3)17(12-16)19(25)23-8-10-24(11-9-23)20(26)18-13-21-6-7-22-18/h4-7,12-14H,8-11H2,1-3H3. The van der Waals surface area contributed by atoms with Gasteiger partial charge in [-0.1, -0.05) is 26.0 Å². The third-order valence-electron chi connectivity index (χ3n) is 4.80.